The number of halogens is 2. The number of hydrogen-bond donors (Lipinski definition) is 2. The van der Waals surface area contributed by atoms with Crippen LogP contribution in [0.1, 0.15) is 18.5 Å². The summed E-state index contributed by atoms with van der Waals surface area (Å²) >= 11 is 12.9. The van der Waals surface area contributed by atoms with Crippen LogP contribution in [0.2, 0.25) is 10.0 Å². The molecular formula is C21H17Cl2N5. The van der Waals surface area contributed by atoms with E-state index in [9.17, 15) is 0 Å². The first kappa shape index (κ1) is 18.5. The number of benzene rings is 2. The van der Waals surface area contributed by atoms with Crippen molar-refractivity contribution in [2.24, 2.45) is 0 Å². The molecule has 4 aromatic rings. The fourth-order valence-corrected chi connectivity index (χ4v) is 3.58. The van der Waals surface area contributed by atoms with Crippen molar-refractivity contribution in [1.82, 2.24) is 15.0 Å². The van der Waals surface area contributed by atoms with Crippen molar-refractivity contribution in [3.63, 3.8) is 0 Å². The van der Waals surface area contributed by atoms with Crippen LogP contribution in [0.3, 0.4) is 0 Å². The van der Waals surface area contributed by atoms with Gasteiger partial charge in [0.15, 0.2) is 0 Å². The van der Waals surface area contributed by atoms with Gasteiger partial charge in [-0.1, -0.05) is 53.5 Å². The van der Waals surface area contributed by atoms with Crippen molar-refractivity contribution < 1.29 is 0 Å². The maximum Gasteiger partial charge on any atom is 0.131 e. The molecule has 1 atom stereocenters. The number of nitrogens with zero attached hydrogens (tertiary/aromatic N) is 3. The average molecular weight is 410 g/mol. The average Bonchev–Trinajstić information content (AvgIpc) is 2.68. The van der Waals surface area contributed by atoms with Gasteiger partial charge in [-0.25, -0.2) is 15.0 Å². The Bertz CT molecular complexity index is 1160. The molecule has 5 nitrogen and oxygen atoms in total. The Morgan fingerprint density at radius 1 is 0.964 bits per heavy atom. The van der Waals surface area contributed by atoms with Crippen molar-refractivity contribution in [3.05, 3.63) is 76.5 Å². The molecule has 0 amide bonds. The largest absolute Gasteiger partial charge is 0.384 e. The first-order chi connectivity index (χ1) is 13.5. The van der Waals surface area contributed by atoms with Gasteiger partial charge in [-0.05, 0) is 25.1 Å². The molecule has 2 heterocycles. The summed E-state index contributed by atoms with van der Waals surface area (Å²) in [7, 11) is 0. The second-order valence-corrected chi connectivity index (χ2v) is 7.23. The molecule has 4 rings (SSSR count). The smallest absolute Gasteiger partial charge is 0.131 e. The van der Waals surface area contributed by atoms with E-state index in [0.717, 1.165) is 27.7 Å². The first-order valence-electron chi connectivity index (χ1n) is 8.71. The molecule has 28 heavy (non-hydrogen) atoms. The molecule has 0 aliphatic heterocycles. The van der Waals surface area contributed by atoms with Crippen LogP contribution < -0.4 is 11.1 Å². The van der Waals surface area contributed by atoms with Gasteiger partial charge in [0.25, 0.3) is 0 Å². The summed E-state index contributed by atoms with van der Waals surface area (Å²) in [6.07, 6.45) is 1.43. The van der Waals surface area contributed by atoms with Gasteiger partial charge in [0, 0.05) is 27.6 Å². The molecule has 140 valence electrons. The Kier molecular flexibility index (Phi) is 5.03. The molecule has 0 saturated carbocycles. The maximum atomic E-state index is 6.48. The lowest BCUT2D eigenvalue weighted by atomic mass is 9.98. The lowest BCUT2D eigenvalue weighted by Crippen LogP contribution is -2.11. The summed E-state index contributed by atoms with van der Waals surface area (Å²) in [5.41, 5.74) is 9.09. The SMILES string of the molecule is CC(Nc1cc(N)ncn1)c1cc2cccc(Cl)c2nc1-c1ccccc1Cl. The molecule has 2 aromatic heterocycles. The quantitative estimate of drug-likeness (QED) is 0.448. The van der Waals surface area contributed by atoms with Crippen LogP contribution in [0.5, 0.6) is 0 Å². The zero-order valence-electron chi connectivity index (χ0n) is 15.0. The standard InChI is InChI=1S/C21H17Cl2N5/c1-12(27-19-10-18(24)25-11-26-19)15-9-13-5-4-8-17(23)20(13)28-21(15)14-6-2-3-7-16(14)22/h2-12H,1H3,(H3,24,25,26,27). The third-order valence-electron chi connectivity index (χ3n) is 4.47. The van der Waals surface area contributed by atoms with Crippen molar-refractivity contribution in [2.45, 2.75) is 13.0 Å². The van der Waals surface area contributed by atoms with Gasteiger partial charge in [-0.2, -0.15) is 0 Å². The third kappa shape index (κ3) is 3.59. The maximum absolute atomic E-state index is 6.48. The molecule has 0 spiro atoms. The zero-order chi connectivity index (χ0) is 19.7. The Morgan fingerprint density at radius 2 is 1.75 bits per heavy atom. The van der Waals surface area contributed by atoms with E-state index in [1.54, 1.807) is 6.07 Å². The van der Waals surface area contributed by atoms with Crippen molar-refractivity contribution in [2.75, 3.05) is 11.1 Å². The summed E-state index contributed by atoms with van der Waals surface area (Å²) in [4.78, 5) is 13.0. The number of nitrogens with two attached hydrogens (primary N) is 1. The van der Waals surface area contributed by atoms with Crippen molar-refractivity contribution in [1.29, 1.82) is 0 Å². The first-order valence-corrected chi connectivity index (χ1v) is 9.46. The number of hydrogen-bond acceptors (Lipinski definition) is 5. The van der Waals surface area contributed by atoms with E-state index >= 15 is 0 Å². The van der Waals surface area contributed by atoms with Gasteiger partial charge < -0.3 is 11.1 Å². The Labute approximate surface area is 172 Å². The monoisotopic (exact) mass is 409 g/mol. The summed E-state index contributed by atoms with van der Waals surface area (Å²) in [5, 5.41) is 5.54. The lowest BCUT2D eigenvalue weighted by Gasteiger charge is -2.20. The van der Waals surface area contributed by atoms with E-state index in [1.807, 2.05) is 49.4 Å². The zero-order valence-corrected chi connectivity index (χ0v) is 16.5. The minimum Gasteiger partial charge on any atom is -0.384 e. The van der Waals surface area contributed by atoms with E-state index in [2.05, 4.69) is 21.4 Å². The fraction of sp³-hybridized carbons (Fsp3) is 0.0952. The predicted molar refractivity (Wildman–Crippen MR) is 116 cm³/mol. The van der Waals surface area contributed by atoms with Gasteiger partial charge in [-0.15, -0.1) is 0 Å². The number of nitrogens with one attached hydrogen (secondary N) is 1. The van der Waals surface area contributed by atoms with E-state index < -0.39 is 0 Å². The fourth-order valence-electron chi connectivity index (χ4n) is 3.13. The number of aromatic nitrogens is 3. The second-order valence-electron chi connectivity index (χ2n) is 6.41. The molecule has 0 aliphatic rings. The molecule has 2 aromatic carbocycles. The highest BCUT2D eigenvalue weighted by Gasteiger charge is 2.18. The topological polar surface area (TPSA) is 76.7 Å². The molecule has 7 heteroatoms. The van der Waals surface area contributed by atoms with E-state index in [1.165, 1.54) is 6.33 Å². The number of anilines is 2. The van der Waals surface area contributed by atoms with Crippen LogP contribution in [-0.2, 0) is 0 Å². The molecule has 0 aliphatic carbocycles. The van der Waals surface area contributed by atoms with Crippen LogP contribution in [0.4, 0.5) is 11.6 Å². The molecule has 0 bridgehead atoms. The lowest BCUT2D eigenvalue weighted by molar-refractivity contribution is 0.871. The van der Waals surface area contributed by atoms with Crippen LogP contribution in [0, 0.1) is 0 Å². The van der Waals surface area contributed by atoms with Crippen LogP contribution >= 0.6 is 23.2 Å². The Morgan fingerprint density at radius 3 is 2.54 bits per heavy atom. The summed E-state index contributed by atoms with van der Waals surface area (Å²) in [5.74, 6) is 1.04. The number of para-hydroxylation sites is 1. The van der Waals surface area contributed by atoms with Crippen LogP contribution in [0.25, 0.3) is 22.2 Å². The van der Waals surface area contributed by atoms with Gasteiger partial charge in [0.05, 0.1) is 22.3 Å². The van der Waals surface area contributed by atoms with Crippen LogP contribution in [0.15, 0.2) is 60.9 Å². The molecular weight excluding hydrogens is 393 g/mol. The van der Waals surface area contributed by atoms with Crippen molar-refractivity contribution >= 4 is 45.7 Å². The predicted octanol–water partition coefficient (Wildman–Crippen LogP) is 5.75. The number of rotatable bonds is 4. The molecule has 0 radical (unpaired) electrons. The van der Waals surface area contributed by atoms with Gasteiger partial charge >= 0.3 is 0 Å². The summed E-state index contributed by atoms with van der Waals surface area (Å²) in [6.45, 7) is 2.03. The highest BCUT2D eigenvalue weighted by atomic mass is 35.5. The van der Waals surface area contributed by atoms with Crippen molar-refractivity contribution in [3.8, 4) is 11.3 Å². The van der Waals surface area contributed by atoms with Gasteiger partial charge in [0.1, 0.15) is 18.0 Å². The van der Waals surface area contributed by atoms with E-state index in [-0.39, 0.29) is 6.04 Å². The van der Waals surface area contributed by atoms with Gasteiger partial charge in [0.2, 0.25) is 0 Å². The molecule has 0 fully saturated rings. The highest BCUT2D eigenvalue weighted by Crippen LogP contribution is 2.36. The molecule has 1 unspecified atom stereocenters. The van der Waals surface area contributed by atoms with Gasteiger partial charge in [-0.3, -0.25) is 0 Å². The molecule has 0 saturated heterocycles. The molecule has 3 N–H and O–H groups in total. The Hall–Kier alpha value is -2.89. The third-order valence-corrected chi connectivity index (χ3v) is 5.11. The number of nitrogen functional groups attached to an aromatic ring is 1. The summed E-state index contributed by atoms with van der Waals surface area (Å²) in [6, 6.07) is 17.0. The van der Waals surface area contributed by atoms with E-state index in [4.69, 9.17) is 33.9 Å². The minimum absolute atomic E-state index is 0.114. The van der Waals surface area contributed by atoms with Crippen LogP contribution in [-0.4, -0.2) is 15.0 Å². The second kappa shape index (κ2) is 7.62. The van der Waals surface area contributed by atoms with E-state index in [0.29, 0.717) is 21.7 Å². The number of pyridine rings is 1. The summed E-state index contributed by atoms with van der Waals surface area (Å²) < 4.78 is 0. The minimum atomic E-state index is -0.114. The normalized spacial score (nSPS) is 12.1. The highest BCUT2D eigenvalue weighted by molar-refractivity contribution is 6.35. The number of fused-ring (bicyclic) bond motifs is 1. The Balaban J connectivity index is 1.88.